The van der Waals surface area contributed by atoms with Gasteiger partial charge in [0, 0.05) is 25.8 Å². The molecule has 6 heteroatoms. The van der Waals surface area contributed by atoms with Crippen LogP contribution in [-0.2, 0) is 11.3 Å². The van der Waals surface area contributed by atoms with E-state index in [0.29, 0.717) is 17.3 Å². The minimum Gasteiger partial charge on any atom is -0.481 e. The number of hydrogen-bond acceptors (Lipinski definition) is 2. The normalized spacial score (nSPS) is 22.2. The molecule has 2 heterocycles. The van der Waals surface area contributed by atoms with Gasteiger partial charge in [-0.2, -0.15) is 0 Å². The van der Waals surface area contributed by atoms with Crippen LogP contribution in [0.5, 0.6) is 0 Å². The molecule has 0 aromatic carbocycles. The molecule has 5 nitrogen and oxygen atoms in total. The van der Waals surface area contributed by atoms with Crippen LogP contribution in [0.1, 0.15) is 30.8 Å². The Bertz CT molecular complexity index is 526. The molecular weight excluding hydrogens is 280 g/mol. The first-order valence-corrected chi connectivity index (χ1v) is 7.19. The predicted molar refractivity (Wildman–Crippen MR) is 75.9 cm³/mol. The van der Waals surface area contributed by atoms with Gasteiger partial charge in [-0.15, -0.1) is 0 Å². The minimum absolute atomic E-state index is 0.0264. The maximum absolute atomic E-state index is 12.5. The summed E-state index contributed by atoms with van der Waals surface area (Å²) < 4.78 is 1.84. The molecule has 1 aromatic heterocycles. The second-order valence-electron chi connectivity index (χ2n) is 5.37. The van der Waals surface area contributed by atoms with Crippen molar-refractivity contribution in [3.05, 3.63) is 23.0 Å². The summed E-state index contributed by atoms with van der Waals surface area (Å²) in [4.78, 5) is 25.3. The Morgan fingerprint density at radius 2 is 2.15 bits per heavy atom. The molecule has 2 unspecified atom stereocenters. The lowest BCUT2D eigenvalue weighted by Crippen LogP contribution is -2.31. The van der Waals surface area contributed by atoms with Crippen LogP contribution in [-0.4, -0.2) is 39.5 Å². The van der Waals surface area contributed by atoms with E-state index in [4.69, 9.17) is 16.7 Å². The second kappa shape index (κ2) is 5.87. The third kappa shape index (κ3) is 2.82. The van der Waals surface area contributed by atoms with Gasteiger partial charge in [0.05, 0.1) is 10.9 Å². The van der Waals surface area contributed by atoms with Gasteiger partial charge in [0.15, 0.2) is 0 Å². The lowest BCUT2D eigenvalue weighted by Gasteiger charge is -2.17. The maximum Gasteiger partial charge on any atom is 0.308 e. The molecule has 1 N–H and O–H groups in total. The van der Waals surface area contributed by atoms with E-state index >= 15 is 0 Å². The zero-order chi connectivity index (χ0) is 14.9. The summed E-state index contributed by atoms with van der Waals surface area (Å²) in [5, 5.41) is 9.66. The standard InChI is InChI=1S/C14H19ClN2O3/c1-3-4-16-7-10(15)5-12(16)13(18)17-6-9(2)11(8-17)14(19)20/h5,7,9,11H,3-4,6,8H2,1-2H3,(H,19,20). The van der Waals surface area contributed by atoms with Crippen molar-refractivity contribution in [2.75, 3.05) is 13.1 Å². The smallest absolute Gasteiger partial charge is 0.308 e. The summed E-state index contributed by atoms with van der Waals surface area (Å²) in [6, 6.07) is 1.65. The number of amides is 1. The first-order chi connectivity index (χ1) is 9.43. The first kappa shape index (κ1) is 14.9. The molecule has 0 radical (unpaired) electrons. The van der Waals surface area contributed by atoms with E-state index in [0.717, 1.165) is 13.0 Å². The highest BCUT2D eigenvalue weighted by molar-refractivity contribution is 6.31. The molecule has 2 atom stereocenters. The van der Waals surface area contributed by atoms with E-state index in [-0.39, 0.29) is 18.4 Å². The first-order valence-electron chi connectivity index (χ1n) is 6.81. The minimum atomic E-state index is -0.838. The number of carboxylic acids is 1. The lowest BCUT2D eigenvalue weighted by atomic mass is 9.99. The number of aliphatic carboxylic acids is 1. The van der Waals surface area contributed by atoms with Crippen molar-refractivity contribution < 1.29 is 14.7 Å². The fraction of sp³-hybridized carbons (Fsp3) is 0.571. The van der Waals surface area contributed by atoms with Crippen molar-refractivity contribution in [3.8, 4) is 0 Å². The Hall–Kier alpha value is -1.49. The van der Waals surface area contributed by atoms with E-state index in [2.05, 4.69) is 0 Å². The number of likely N-dealkylation sites (tertiary alicyclic amines) is 1. The van der Waals surface area contributed by atoms with E-state index in [1.165, 1.54) is 0 Å². The number of halogens is 1. The largest absolute Gasteiger partial charge is 0.481 e. The highest BCUT2D eigenvalue weighted by Gasteiger charge is 2.37. The van der Waals surface area contributed by atoms with Crippen LogP contribution in [0.25, 0.3) is 0 Å². The van der Waals surface area contributed by atoms with Crippen molar-refractivity contribution in [1.82, 2.24) is 9.47 Å². The summed E-state index contributed by atoms with van der Waals surface area (Å²) in [6.45, 7) is 5.36. The average molecular weight is 299 g/mol. The molecule has 110 valence electrons. The van der Waals surface area contributed by atoms with Gasteiger partial charge in [-0.05, 0) is 18.4 Å². The number of aryl methyl sites for hydroxylation is 1. The Morgan fingerprint density at radius 3 is 2.70 bits per heavy atom. The van der Waals surface area contributed by atoms with Crippen LogP contribution in [0.2, 0.25) is 5.02 Å². The summed E-state index contributed by atoms with van der Waals surface area (Å²) in [5.41, 5.74) is 0.537. The highest BCUT2D eigenvalue weighted by atomic mass is 35.5. The molecule has 0 bridgehead atoms. The maximum atomic E-state index is 12.5. The van der Waals surface area contributed by atoms with Crippen molar-refractivity contribution in [2.45, 2.75) is 26.8 Å². The van der Waals surface area contributed by atoms with Crippen LogP contribution in [0, 0.1) is 11.8 Å². The average Bonchev–Trinajstić information content (AvgIpc) is 2.92. The van der Waals surface area contributed by atoms with Crippen molar-refractivity contribution in [3.63, 3.8) is 0 Å². The summed E-state index contributed by atoms with van der Waals surface area (Å²) in [6.07, 6.45) is 2.64. The number of aromatic nitrogens is 1. The predicted octanol–water partition coefficient (Wildman–Crippen LogP) is 2.34. The van der Waals surface area contributed by atoms with Gasteiger partial charge in [-0.3, -0.25) is 9.59 Å². The molecule has 0 spiro atoms. The number of carbonyl (C=O) groups excluding carboxylic acids is 1. The molecule has 0 saturated carbocycles. The fourth-order valence-corrected chi connectivity index (χ4v) is 2.92. The number of carboxylic acid groups (broad SMARTS) is 1. The zero-order valence-electron chi connectivity index (χ0n) is 11.7. The molecule has 1 aromatic rings. The zero-order valence-corrected chi connectivity index (χ0v) is 12.4. The highest BCUT2D eigenvalue weighted by Crippen LogP contribution is 2.26. The molecule has 1 saturated heterocycles. The van der Waals surface area contributed by atoms with E-state index in [1.54, 1.807) is 17.2 Å². The van der Waals surface area contributed by atoms with E-state index in [9.17, 15) is 9.59 Å². The van der Waals surface area contributed by atoms with Gasteiger partial charge in [0.25, 0.3) is 5.91 Å². The summed E-state index contributed by atoms with van der Waals surface area (Å²) in [7, 11) is 0. The third-order valence-electron chi connectivity index (χ3n) is 3.76. The second-order valence-corrected chi connectivity index (χ2v) is 5.81. The molecule has 1 fully saturated rings. The fourth-order valence-electron chi connectivity index (χ4n) is 2.70. The monoisotopic (exact) mass is 298 g/mol. The number of nitrogens with zero attached hydrogens (tertiary/aromatic N) is 2. The van der Waals surface area contributed by atoms with Gasteiger partial charge in [-0.25, -0.2) is 0 Å². The Balaban J connectivity index is 2.18. The van der Waals surface area contributed by atoms with Crippen LogP contribution in [0.15, 0.2) is 12.3 Å². The topological polar surface area (TPSA) is 62.5 Å². The third-order valence-corrected chi connectivity index (χ3v) is 3.97. The van der Waals surface area contributed by atoms with E-state index in [1.807, 2.05) is 18.4 Å². The molecule has 1 aliphatic heterocycles. The lowest BCUT2D eigenvalue weighted by molar-refractivity contribution is -0.142. The Kier molecular flexibility index (Phi) is 4.38. The van der Waals surface area contributed by atoms with Crippen molar-refractivity contribution in [1.29, 1.82) is 0 Å². The van der Waals surface area contributed by atoms with Crippen molar-refractivity contribution in [2.24, 2.45) is 11.8 Å². The molecular formula is C14H19ClN2O3. The van der Waals surface area contributed by atoms with Gasteiger partial charge >= 0.3 is 5.97 Å². The van der Waals surface area contributed by atoms with Crippen LogP contribution in [0.3, 0.4) is 0 Å². The molecule has 0 aliphatic carbocycles. The molecule has 2 rings (SSSR count). The van der Waals surface area contributed by atoms with Crippen molar-refractivity contribution >= 4 is 23.5 Å². The molecule has 1 amide bonds. The molecule has 1 aliphatic rings. The number of carbonyl (C=O) groups is 2. The quantitative estimate of drug-likeness (QED) is 0.928. The van der Waals surface area contributed by atoms with Gasteiger partial charge in [0.2, 0.25) is 0 Å². The number of rotatable bonds is 4. The van der Waals surface area contributed by atoms with E-state index < -0.39 is 11.9 Å². The van der Waals surface area contributed by atoms with Crippen LogP contribution >= 0.6 is 11.6 Å². The SMILES string of the molecule is CCCn1cc(Cl)cc1C(=O)N1CC(C)C(C(=O)O)C1. The van der Waals surface area contributed by atoms with Crippen LogP contribution < -0.4 is 0 Å². The number of hydrogen-bond donors (Lipinski definition) is 1. The van der Waals surface area contributed by atoms with Gasteiger partial charge in [-0.1, -0.05) is 25.4 Å². The van der Waals surface area contributed by atoms with Gasteiger partial charge < -0.3 is 14.6 Å². The van der Waals surface area contributed by atoms with Gasteiger partial charge in [0.1, 0.15) is 5.69 Å². The Morgan fingerprint density at radius 1 is 1.45 bits per heavy atom. The summed E-state index contributed by atoms with van der Waals surface area (Å²) in [5.74, 6) is -1.48. The Labute approximate surface area is 123 Å². The molecule has 20 heavy (non-hydrogen) atoms. The van der Waals surface area contributed by atoms with Crippen LogP contribution in [0.4, 0.5) is 0 Å². The summed E-state index contributed by atoms with van der Waals surface area (Å²) >= 11 is 5.97.